The zero-order valence-electron chi connectivity index (χ0n) is 9.63. The molecule has 0 aliphatic rings. The van der Waals surface area contributed by atoms with E-state index in [4.69, 9.17) is 5.73 Å². The molecule has 0 aliphatic carbocycles. The van der Waals surface area contributed by atoms with Crippen LogP contribution in [-0.2, 0) is 6.54 Å². The molecule has 0 unspecified atom stereocenters. The first-order valence-electron chi connectivity index (χ1n) is 5.21. The minimum absolute atomic E-state index is 0.213. The van der Waals surface area contributed by atoms with Gasteiger partial charge in [0.15, 0.2) is 0 Å². The second kappa shape index (κ2) is 5.12. The first-order valence-corrected chi connectivity index (χ1v) is 5.21. The van der Waals surface area contributed by atoms with Gasteiger partial charge in [0.2, 0.25) is 0 Å². The van der Waals surface area contributed by atoms with E-state index in [2.05, 4.69) is 18.7 Å². The Morgan fingerprint density at radius 1 is 1.40 bits per heavy atom. The van der Waals surface area contributed by atoms with E-state index in [1.807, 2.05) is 13.1 Å². The molecule has 2 N–H and O–H groups in total. The lowest BCUT2D eigenvalue weighted by Crippen LogP contribution is -2.22. The average molecular weight is 210 g/mol. The number of nitrogens with two attached hydrogens (primary N) is 1. The molecule has 0 bridgehead atoms. The van der Waals surface area contributed by atoms with Gasteiger partial charge in [-0.15, -0.1) is 0 Å². The molecule has 1 rings (SSSR count). The van der Waals surface area contributed by atoms with Crippen LogP contribution in [0.15, 0.2) is 18.2 Å². The van der Waals surface area contributed by atoms with Gasteiger partial charge in [-0.25, -0.2) is 4.39 Å². The predicted octanol–water partition coefficient (Wildman–Crippen LogP) is 2.50. The highest BCUT2D eigenvalue weighted by atomic mass is 19.1. The van der Waals surface area contributed by atoms with Crippen LogP contribution in [0.5, 0.6) is 0 Å². The molecule has 0 heterocycles. The fourth-order valence-electron chi connectivity index (χ4n) is 1.67. The molecule has 0 amide bonds. The maximum Gasteiger partial charge on any atom is 0.146 e. The average Bonchev–Trinajstić information content (AvgIpc) is 2.10. The molecule has 84 valence electrons. The van der Waals surface area contributed by atoms with Gasteiger partial charge in [-0.05, 0) is 30.7 Å². The molecule has 0 fully saturated rings. The molecular weight excluding hydrogens is 191 g/mol. The Kier molecular flexibility index (Phi) is 4.09. The van der Waals surface area contributed by atoms with E-state index in [0.717, 1.165) is 18.7 Å². The second-order valence-electron chi connectivity index (χ2n) is 4.45. The highest BCUT2D eigenvalue weighted by Gasteiger charge is 2.05. The van der Waals surface area contributed by atoms with Crippen LogP contribution in [0.1, 0.15) is 19.4 Å². The van der Waals surface area contributed by atoms with Crippen LogP contribution in [0.4, 0.5) is 10.1 Å². The van der Waals surface area contributed by atoms with Gasteiger partial charge in [0.05, 0.1) is 5.69 Å². The molecule has 0 aliphatic heterocycles. The van der Waals surface area contributed by atoms with Crippen LogP contribution in [0.3, 0.4) is 0 Å². The van der Waals surface area contributed by atoms with Gasteiger partial charge in [0.25, 0.3) is 0 Å². The third-order valence-corrected chi connectivity index (χ3v) is 2.19. The summed E-state index contributed by atoms with van der Waals surface area (Å²) in [5.74, 6) is 0.291. The molecule has 3 heteroatoms. The van der Waals surface area contributed by atoms with Crippen LogP contribution in [0, 0.1) is 11.7 Å². The van der Waals surface area contributed by atoms with E-state index < -0.39 is 0 Å². The van der Waals surface area contributed by atoms with E-state index in [9.17, 15) is 4.39 Å². The summed E-state index contributed by atoms with van der Waals surface area (Å²) >= 11 is 0. The Morgan fingerprint density at radius 2 is 2.07 bits per heavy atom. The van der Waals surface area contributed by atoms with E-state index >= 15 is 0 Å². The molecule has 0 atom stereocenters. The van der Waals surface area contributed by atoms with Gasteiger partial charge in [0, 0.05) is 13.1 Å². The Labute approximate surface area is 90.9 Å². The normalized spacial score (nSPS) is 11.3. The molecule has 15 heavy (non-hydrogen) atoms. The van der Waals surface area contributed by atoms with Gasteiger partial charge in [-0.3, -0.25) is 0 Å². The zero-order valence-corrected chi connectivity index (χ0v) is 9.63. The Balaban J connectivity index is 2.60. The highest BCUT2D eigenvalue weighted by molar-refractivity contribution is 5.41. The van der Waals surface area contributed by atoms with Crippen molar-refractivity contribution in [2.75, 3.05) is 19.3 Å². The standard InChI is InChI=1S/C12H19FN2/c1-9(2)7-15(3)8-10-4-5-12(14)11(13)6-10/h4-6,9H,7-8,14H2,1-3H3. The molecule has 1 aromatic carbocycles. The lowest BCUT2D eigenvalue weighted by Gasteiger charge is -2.19. The Bertz CT molecular complexity index is 323. The van der Waals surface area contributed by atoms with Crippen molar-refractivity contribution in [2.45, 2.75) is 20.4 Å². The van der Waals surface area contributed by atoms with Crippen LogP contribution in [-0.4, -0.2) is 18.5 Å². The third kappa shape index (κ3) is 3.88. The second-order valence-corrected chi connectivity index (χ2v) is 4.45. The Hall–Kier alpha value is -1.09. The van der Waals surface area contributed by atoms with E-state index in [1.165, 1.54) is 6.07 Å². The van der Waals surface area contributed by atoms with Crippen LogP contribution >= 0.6 is 0 Å². The van der Waals surface area contributed by atoms with Crippen molar-refractivity contribution in [3.8, 4) is 0 Å². The van der Waals surface area contributed by atoms with E-state index in [0.29, 0.717) is 5.92 Å². The number of nitrogen functional groups attached to an aromatic ring is 1. The summed E-state index contributed by atoms with van der Waals surface area (Å²) < 4.78 is 13.1. The van der Waals surface area contributed by atoms with Crippen LogP contribution in [0.2, 0.25) is 0 Å². The topological polar surface area (TPSA) is 29.3 Å². The summed E-state index contributed by atoms with van der Waals surface area (Å²) in [6.45, 7) is 6.10. The van der Waals surface area contributed by atoms with Gasteiger partial charge in [0.1, 0.15) is 5.82 Å². The van der Waals surface area contributed by atoms with Crippen molar-refractivity contribution in [1.82, 2.24) is 4.90 Å². The smallest absolute Gasteiger partial charge is 0.146 e. The van der Waals surface area contributed by atoms with Crippen LogP contribution < -0.4 is 5.73 Å². The van der Waals surface area contributed by atoms with Gasteiger partial charge in [-0.2, -0.15) is 0 Å². The summed E-state index contributed by atoms with van der Waals surface area (Å²) in [6, 6.07) is 5.00. The quantitative estimate of drug-likeness (QED) is 0.774. The fourth-order valence-corrected chi connectivity index (χ4v) is 1.67. The van der Waals surface area contributed by atoms with Crippen molar-refractivity contribution in [3.63, 3.8) is 0 Å². The van der Waals surface area contributed by atoms with Gasteiger partial charge >= 0.3 is 0 Å². The number of anilines is 1. The molecule has 0 saturated heterocycles. The maximum atomic E-state index is 13.1. The first kappa shape index (κ1) is 12.0. The number of hydrogen-bond donors (Lipinski definition) is 1. The molecule has 1 aromatic rings. The van der Waals surface area contributed by atoms with Gasteiger partial charge in [-0.1, -0.05) is 19.9 Å². The number of hydrogen-bond acceptors (Lipinski definition) is 2. The molecule has 2 nitrogen and oxygen atoms in total. The predicted molar refractivity (Wildman–Crippen MR) is 62.0 cm³/mol. The minimum atomic E-state index is -0.328. The third-order valence-electron chi connectivity index (χ3n) is 2.19. The largest absolute Gasteiger partial charge is 0.396 e. The van der Waals surface area contributed by atoms with Gasteiger partial charge < -0.3 is 10.6 Å². The van der Waals surface area contributed by atoms with Crippen molar-refractivity contribution in [2.24, 2.45) is 5.92 Å². The first-order chi connectivity index (χ1) is 6.99. The summed E-state index contributed by atoms with van der Waals surface area (Å²) in [5.41, 5.74) is 6.59. The maximum absolute atomic E-state index is 13.1. The fraction of sp³-hybridized carbons (Fsp3) is 0.500. The minimum Gasteiger partial charge on any atom is -0.396 e. The Morgan fingerprint density at radius 3 is 2.60 bits per heavy atom. The van der Waals surface area contributed by atoms with Crippen LogP contribution in [0.25, 0.3) is 0 Å². The zero-order chi connectivity index (χ0) is 11.4. The van der Waals surface area contributed by atoms with Crippen molar-refractivity contribution in [1.29, 1.82) is 0 Å². The number of nitrogens with zero attached hydrogens (tertiary/aromatic N) is 1. The number of rotatable bonds is 4. The van der Waals surface area contributed by atoms with Crippen molar-refractivity contribution in [3.05, 3.63) is 29.6 Å². The number of benzene rings is 1. The van der Waals surface area contributed by atoms with Crippen molar-refractivity contribution >= 4 is 5.69 Å². The van der Waals surface area contributed by atoms with E-state index in [1.54, 1.807) is 6.07 Å². The molecule has 0 aromatic heterocycles. The highest BCUT2D eigenvalue weighted by Crippen LogP contribution is 2.13. The summed E-state index contributed by atoms with van der Waals surface area (Å²) in [5, 5.41) is 0. The number of halogens is 1. The molecule has 0 saturated carbocycles. The molecule has 0 spiro atoms. The lowest BCUT2D eigenvalue weighted by atomic mass is 10.1. The monoisotopic (exact) mass is 210 g/mol. The summed E-state index contributed by atoms with van der Waals surface area (Å²) in [7, 11) is 2.04. The summed E-state index contributed by atoms with van der Waals surface area (Å²) in [4.78, 5) is 2.18. The molecule has 0 radical (unpaired) electrons. The SMILES string of the molecule is CC(C)CN(C)Cc1ccc(N)c(F)c1. The lowest BCUT2D eigenvalue weighted by molar-refractivity contribution is 0.288. The molecular formula is C12H19FN2. The van der Waals surface area contributed by atoms with Crippen molar-refractivity contribution < 1.29 is 4.39 Å². The summed E-state index contributed by atoms with van der Waals surface area (Å²) in [6.07, 6.45) is 0. The van der Waals surface area contributed by atoms with E-state index in [-0.39, 0.29) is 11.5 Å².